The van der Waals surface area contributed by atoms with Crippen LogP contribution in [0.1, 0.15) is 64.7 Å². The maximum Gasteiger partial charge on any atom is 0.223 e. The van der Waals surface area contributed by atoms with Crippen LogP contribution in [0.3, 0.4) is 0 Å². The smallest absolute Gasteiger partial charge is 0.223 e. The van der Waals surface area contributed by atoms with Gasteiger partial charge in [-0.15, -0.1) is 0 Å². The van der Waals surface area contributed by atoms with Gasteiger partial charge in [-0.3, -0.25) is 4.79 Å². The largest absolute Gasteiger partial charge is 0.356 e. The Labute approximate surface area is 99.2 Å². The molecular formula is C14H25NO. The highest BCUT2D eigenvalue weighted by molar-refractivity contribution is 5.80. The quantitative estimate of drug-likeness (QED) is 0.728. The maximum atomic E-state index is 12.0. The van der Waals surface area contributed by atoms with Crippen molar-refractivity contribution >= 4 is 5.91 Å². The maximum absolute atomic E-state index is 12.0. The van der Waals surface area contributed by atoms with E-state index in [4.69, 9.17) is 0 Å². The number of carbonyl (C=O) groups excluding carboxylic acids is 1. The number of fused-ring (bicyclic) bond motifs is 1. The molecule has 1 N–H and O–H groups in total. The highest BCUT2D eigenvalue weighted by Gasteiger charge is 2.46. The average Bonchev–Trinajstić information content (AvgIpc) is 2.63. The van der Waals surface area contributed by atoms with E-state index in [0.29, 0.717) is 17.2 Å². The molecule has 1 saturated heterocycles. The summed E-state index contributed by atoms with van der Waals surface area (Å²) in [7, 11) is 0. The molecule has 92 valence electrons. The van der Waals surface area contributed by atoms with Gasteiger partial charge in [0.25, 0.3) is 0 Å². The molecule has 0 aromatic heterocycles. The zero-order valence-electron chi connectivity index (χ0n) is 10.6. The van der Waals surface area contributed by atoms with Gasteiger partial charge in [0.15, 0.2) is 0 Å². The number of nitrogens with one attached hydrogen (secondary N) is 1. The second-order valence-corrected chi connectivity index (χ2v) is 5.66. The highest BCUT2D eigenvalue weighted by Crippen LogP contribution is 2.51. The first-order valence-corrected chi connectivity index (χ1v) is 7.06. The van der Waals surface area contributed by atoms with Gasteiger partial charge in [0.1, 0.15) is 0 Å². The highest BCUT2D eigenvalue weighted by atomic mass is 16.1. The van der Waals surface area contributed by atoms with Crippen LogP contribution in [0.5, 0.6) is 0 Å². The Morgan fingerprint density at radius 1 is 1.31 bits per heavy atom. The van der Waals surface area contributed by atoms with E-state index in [1.54, 1.807) is 0 Å². The number of hydrogen-bond acceptors (Lipinski definition) is 1. The van der Waals surface area contributed by atoms with Crippen molar-refractivity contribution in [3.8, 4) is 0 Å². The first kappa shape index (κ1) is 11.9. The number of carbonyl (C=O) groups is 1. The minimum Gasteiger partial charge on any atom is -0.356 e. The van der Waals surface area contributed by atoms with E-state index in [-0.39, 0.29) is 0 Å². The van der Waals surface area contributed by atoms with Crippen LogP contribution >= 0.6 is 0 Å². The zero-order valence-corrected chi connectivity index (χ0v) is 10.6. The predicted molar refractivity (Wildman–Crippen MR) is 66.2 cm³/mol. The predicted octanol–water partition coefficient (Wildman–Crippen LogP) is 3.26. The standard InChI is InChI=1S/C14H25NO/c1-2-3-4-8-14-9-5-7-12(14)13(16)15-11-6-10-14/h12H,2-11H2,1H3,(H,15,16). The van der Waals surface area contributed by atoms with Gasteiger partial charge in [0.05, 0.1) is 0 Å². The van der Waals surface area contributed by atoms with Crippen LogP contribution in [-0.2, 0) is 4.79 Å². The lowest BCUT2D eigenvalue weighted by Gasteiger charge is -2.33. The minimum absolute atomic E-state index is 0.340. The van der Waals surface area contributed by atoms with Crippen LogP contribution < -0.4 is 5.32 Å². The Hall–Kier alpha value is -0.530. The fraction of sp³-hybridized carbons (Fsp3) is 0.929. The van der Waals surface area contributed by atoms with Crippen molar-refractivity contribution in [1.29, 1.82) is 0 Å². The summed E-state index contributed by atoms with van der Waals surface area (Å²) in [6.07, 6.45) is 11.4. The summed E-state index contributed by atoms with van der Waals surface area (Å²) in [5, 5.41) is 3.09. The molecule has 2 heteroatoms. The molecule has 0 bridgehead atoms. The molecule has 1 aliphatic heterocycles. The number of amides is 1. The lowest BCUT2D eigenvalue weighted by Crippen LogP contribution is -2.35. The number of rotatable bonds is 4. The third-order valence-electron chi connectivity index (χ3n) is 4.65. The Morgan fingerprint density at radius 3 is 2.94 bits per heavy atom. The van der Waals surface area contributed by atoms with E-state index in [1.807, 2.05) is 0 Å². The monoisotopic (exact) mass is 223 g/mol. The third kappa shape index (κ3) is 2.26. The van der Waals surface area contributed by atoms with Gasteiger partial charge in [-0.1, -0.05) is 32.6 Å². The second kappa shape index (κ2) is 5.20. The number of unbranched alkanes of at least 4 members (excludes halogenated alkanes) is 2. The minimum atomic E-state index is 0.340. The van der Waals surface area contributed by atoms with Crippen LogP contribution in [0.15, 0.2) is 0 Å². The average molecular weight is 223 g/mol. The Balaban J connectivity index is 2.04. The molecule has 1 amide bonds. The van der Waals surface area contributed by atoms with Crippen LogP contribution in [0.25, 0.3) is 0 Å². The number of hydrogen-bond donors (Lipinski definition) is 1. The second-order valence-electron chi connectivity index (χ2n) is 5.66. The fourth-order valence-corrected chi connectivity index (χ4v) is 3.77. The van der Waals surface area contributed by atoms with Gasteiger partial charge in [0.2, 0.25) is 5.91 Å². The first-order valence-electron chi connectivity index (χ1n) is 7.06. The van der Waals surface area contributed by atoms with E-state index in [1.165, 1.54) is 51.4 Å². The van der Waals surface area contributed by atoms with Crippen molar-refractivity contribution in [2.24, 2.45) is 11.3 Å². The summed E-state index contributed by atoms with van der Waals surface area (Å²) in [5.41, 5.74) is 0.385. The summed E-state index contributed by atoms with van der Waals surface area (Å²) in [5.74, 6) is 0.693. The van der Waals surface area contributed by atoms with Crippen LogP contribution in [0.2, 0.25) is 0 Å². The van der Waals surface area contributed by atoms with Gasteiger partial charge >= 0.3 is 0 Å². The molecule has 0 aromatic carbocycles. The Kier molecular flexibility index (Phi) is 3.88. The molecule has 0 spiro atoms. The first-order chi connectivity index (χ1) is 7.78. The van der Waals surface area contributed by atoms with Gasteiger partial charge in [0, 0.05) is 12.5 Å². The fourth-order valence-electron chi connectivity index (χ4n) is 3.77. The third-order valence-corrected chi connectivity index (χ3v) is 4.65. The van der Waals surface area contributed by atoms with Crippen LogP contribution in [0.4, 0.5) is 0 Å². The van der Waals surface area contributed by atoms with Crippen molar-refractivity contribution < 1.29 is 4.79 Å². The lowest BCUT2D eigenvalue weighted by atomic mass is 9.71. The molecule has 2 unspecified atom stereocenters. The lowest BCUT2D eigenvalue weighted by molar-refractivity contribution is -0.127. The zero-order chi connectivity index (χ0) is 11.4. The molecule has 2 rings (SSSR count). The SMILES string of the molecule is CCCCCC12CCCNC(=O)C1CCC2. The molecule has 0 aromatic rings. The van der Waals surface area contributed by atoms with Crippen molar-refractivity contribution in [3.63, 3.8) is 0 Å². The van der Waals surface area contributed by atoms with Gasteiger partial charge in [-0.2, -0.15) is 0 Å². The van der Waals surface area contributed by atoms with Crippen LogP contribution in [-0.4, -0.2) is 12.5 Å². The summed E-state index contributed by atoms with van der Waals surface area (Å²) in [6.45, 7) is 3.16. The van der Waals surface area contributed by atoms with E-state index in [9.17, 15) is 4.79 Å². The summed E-state index contributed by atoms with van der Waals surface area (Å²) >= 11 is 0. The molecule has 2 fully saturated rings. The molecule has 1 heterocycles. The molecule has 1 saturated carbocycles. The summed E-state index contributed by atoms with van der Waals surface area (Å²) < 4.78 is 0. The van der Waals surface area contributed by atoms with E-state index < -0.39 is 0 Å². The van der Waals surface area contributed by atoms with E-state index in [2.05, 4.69) is 12.2 Å². The molecule has 2 nitrogen and oxygen atoms in total. The molecule has 2 atom stereocenters. The van der Waals surface area contributed by atoms with Crippen molar-refractivity contribution in [2.45, 2.75) is 64.7 Å². The van der Waals surface area contributed by atoms with Gasteiger partial charge in [-0.25, -0.2) is 0 Å². The van der Waals surface area contributed by atoms with E-state index in [0.717, 1.165) is 13.0 Å². The van der Waals surface area contributed by atoms with Crippen molar-refractivity contribution in [1.82, 2.24) is 5.32 Å². The van der Waals surface area contributed by atoms with Crippen molar-refractivity contribution in [2.75, 3.05) is 6.54 Å². The topological polar surface area (TPSA) is 29.1 Å². The van der Waals surface area contributed by atoms with E-state index >= 15 is 0 Å². The summed E-state index contributed by atoms with van der Waals surface area (Å²) in [6, 6.07) is 0. The van der Waals surface area contributed by atoms with Gasteiger partial charge in [-0.05, 0) is 37.5 Å². The summed E-state index contributed by atoms with van der Waals surface area (Å²) in [4.78, 5) is 12.0. The van der Waals surface area contributed by atoms with Crippen molar-refractivity contribution in [3.05, 3.63) is 0 Å². The molecule has 2 aliphatic rings. The van der Waals surface area contributed by atoms with Gasteiger partial charge < -0.3 is 5.32 Å². The normalized spacial score (nSPS) is 34.3. The molecular weight excluding hydrogens is 198 g/mol. The van der Waals surface area contributed by atoms with Crippen LogP contribution in [0, 0.1) is 11.3 Å². The molecule has 0 radical (unpaired) electrons. The Bertz CT molecular complexity index is 251. The Morgan fingerprint density at radius 2 is 2.12 bits per heavy atom. The molecule has 1 aliphatic carbocycles. The molecule has 16 heavy (non-hydrogen) atoms.